The number of pyridine rings is 1. The maximum absolute atomic E-state index is 13.0. The van der Waals surface area contributed by atoms with Crippen molar-refractivity contribution >= 4 is 50.7 Å². The van der Waals surface area contributed by atoms with E-state index in [9.17, 15) is 4.79 Å². The van der Waals surface area contributed by atoms with Crippen LogP contribution in [0.1, 0.15) is 29.1 Å². The van der Waals surface area contributed by atoms with Crippen molar-refractivity contribution in [3.8, 4) is 10.8 Å². The van der Waals surface area contributed by atoms with Crippen molar-refractivity contribution in [2.24, 2.45) is 0 Å². The van der Waals surface area contributed by atoms with Crippen molar-refractivity contribution in [2.75, 3.05) is 6.54 Å². The fourth-order valence-corrected chi connectivity index (χ4v) is 4.72. The van der Waals surface area contributed by atoms with Crippen LogP contribution in [0.3, 0.4) is 0 Å². The third kappa shape index (κ3) is 3.08. The fourth-order valence-electron chi connectivity index (χ4n) is 3.49. The zero-order valence-electron chi connectivity index (χ0n) is 15.2. The van der Waals surface area contributed by atoms with Crippen molar-refractivity contribution in [1.29, 1.82) is 0 Å². The van der Waals surface area contributed by atoms with Gasteiger partial charge < -0.3 is 9.47 Å². The number of aromatic nitrogens is 5. The number of fused-ring (bicyclic) bond motifs is 2. The van der Waals surface area contributed by atoms with Crippen molar-refractivity contribution in [2.45, 2.75) is 19.5 Å². The molecule has 3 aromatic heterocycles. The predicted octanol–water partition coefficient (Wildman–Crippen LogP) is 4.47. The Balaban J connectivity index is 1.47. The molecule has 0 spiro atoms. The predicted molar refractivity (Wildman–Crippen MR) is 112 cm³/mol. The molecule has 29 heavy (non-hydrogen) atoms. The lowest BCUT2D eigenvalue weighted by atomic mass is 10.1. The molecular weight excluding hydrogens is 431 g/mol. The van der Waals surface area contributed by atoms with Crippen LogP contribution in [0.25, 0.3) is 21.0 Å². The zero-order valence-corrected chi connectivity index (χ0v) is 17.5. The number of hydrogen-bond acceptors (Lipinski definition) is 6. The lowest BCUT2D eigenvalue weighted by molar-refractivity contribution is 0.0638. The minimum atomic E-state index is -0.233. The fraction of sp³-hybridized carbons (Fsp3) is 0.211. The summed E-state index contributed by atoms with van der Waals surface area (Å²) in [5.74, 6) is 1.34. The maximum Gasteiger partial charge on any atom is 0.254 e. The van der Waals surface area contributed by atoms with E-state index in [1.165, 1.54) is 0 Å². The van der Waals surface area contributed by atoms with Crippen molar-refractivity contribution in [1.82, 2.24) is 29.6 Å². The second kappa shape index (κ2) is 7.05. The summed E-state index contributed by atoms with van der Waals surface area (Å²) in [4.78, 5) is 23.5. The van der Waals surface area contributed by atoms with Gasteiger partial charge in [0.25, 0.3) is 5.91 Å². The molecule has 0 radical (unpaired) electrons. The van der Waals surface area contributed by atoms with E-state index in [-0.39, 0.29) is 11.9 Å². The van der Waals surface area contributed by atoms with Crippen molar-refractivity contribution in [3.05, 3.63) is 58.1 Å². The SMILES string of the molecule is CC1c2nnc(-c3nc4cnccc4s3)n2CCN1C(=O)c1ccc(Cl)c(Cl)c1. The van der Waals surface area contributed by atoms with Gasteiger partial charge in [0, 0.05) is 24.8 Å². The van der Waals surface area contributed by atoms with E-state index in [2.05, 4.69) is 20.2 Å². The second-order valence-electron chi connectivity index (χ2n) is 6.70. The number of carbonyl (C=O) groups excluding carboxylic acids is 1. The Bertz CT molecular complexity index is 1220. The third-order valence-electron chi connectivity index (χ3n) is 4.99. The zero-order chi connectivity index (χ0) is 20.1. The molecule has 1 atom stereocenters. The van der Waals surface area contributed by atoms with Gasteiger partial charge >= 0.3 is 0 Å². The normalized spacial score (nSPS) is 16.2. The van der Waals surface area contributed by atoms with E-state index in [4.69, 9.17) is 23.2 Å². The molecule has 1 unspecified atom stereocenters. The first-order valence-corrected chi connectivity index (χ1v) is 10.5. The quantitative estimate of drug-likeness (QED) is 0.455. The average Bonchev–Trinajstić information content (AvgIpc) is 3.34. The monoisotopic (exact) mass is 444 g/mol. The third-order valence-corrected chi connectivity index (χ3v) is 6.77. The van der Waals surface area contributed by atoms with Crippen molar-refractivity contribution < 1.29 is 4.79 Å². The van der Waals surface area contributed by atoms with Gasteiger partial charge in [0.05, 0.1) is 27.0 Å². The first-order valence-electron chi connectivity index (χ1n) is 8.93. The molecule has 10 heteroatoms. The number of nitrogens with zero attached hydrogens (tertiary/aromatic N) is 6. The van der Waals surface area contributed by atoms with Gasteiger partial charge in [0.15, 0.2) is 16.7 Å². The molecule has 0 aliphatic carbocycles. The van der Waals surface area contributed by atoms with Crippen LogP contribution in [0.2, 0.25) is 10.0 Å². The van der Waals surface area contributed by atoms with Gasteiger partial charge in [-0.3, -0.25) is 9.78 Å². The molecule has 5 rings (SSSR count). The minimum absolute atomic E-state index is 0.113. The highest BCUT2D eigenvalue weighted by molar-refractivity contribution is 7.21. The molecule has 1 amide bonds. The summed E-state index contributed by atoms with van der Waals surface area (Å²) in [6.07, 6.45) is 3.49. The van der Waals surface area contributed by atoms with Gasteiger partial charge in [-0.05, 0) is 31.2 Å². The molecule has 4 heterocycles. The Morgan fingerprint density at radius 1 is 1.17 bits per heavy atom. The molecule has 0 N–H and O–H groups in total. The molecule has 0 saturated carbocycles. The van der Waals surface area contributed by atoms with Crippen LogP contribution < -0.4 is 0 Å². The minimum Gasteiger partial charge on any atom is -0.327 e. The molecule has 0 bridgehead atoms. The highest BCUT2D eigenvalue weighted by atomic mass is 35.5. The lowest BCUT2D eigenvalue weighted by Gasteiger charge is -2.33. The summed E-state index contributed by atoms with van der Waals surface area (Å²) in [7, 11) is 0. The summed E-state index contributed by atoms with van der Waals surface area (Å²) in [6, 6.07) is 6.61. The summed E-state index contributed by atoms with van der Waals surface area (Å²) in [5, 5.41) is 10.3. The van der Waals surface area contributed by atoms with Gasteiger partial charge in [0.1, 0.15) is 5.52 Å². The summed E-state index contributed by atoms with van der Waals surface area (Å²) >= 11 is 13.6. The Kier molecular flexibility index (Phi) is 4.49. The van der Waals surface area contributed by atoms with Crippen molar-refractivity contribution in [3.63, 3.8) is 0 Å². The number of rotatable bonds is 2. The molecule has 7 nitrogen and oxygen atoms in total. The van der Waals surface area contributed by atoms with Crippen LogP contribution in [0.15, 0.2) is 36.7 Å². The van der Waals surface area contributed by atoms with Gasteiger partial charge in [-0.1, -0.05) is 23.2 Å². The van der Waals surface area contributed by atoms with Gasteiger partial charge in [-0.2, -0.15) is 0 Å². The molecule has 1 aliphatic heterocycles. The van der Waals surface area contributed by atoms with E-state index < -0.39 is 0 Å². The standard InChI is InChI=1S/C19H14Cl2N6OS/c1-10-16-24-25-17(18-23-14-9-22-5-4-15(14)29-18)27(16)7-6-26(10)19(28)11-2-3-12(20)13(21)8-11/h2-5,8-10H,6-7H2,1H3. The Morgan fingerprint density at radius 2 is 2.03 bits per heavy atom. The number of amides is 1. The van der Waals surface area contributed by atoms with E-state index in [1.54, 1.807) is 46.8 Å². The molecule has 146 valence electrons. The maximum atomic E-state index is 13.0. The Morgan fingerprint density at radius 3 is 2.83 bits per heavy atom. The van der Waals surface area contributed by atoms with Gasteiger partial charge in [-0.15, -0.1) is 21.5 Å². The van der Waals surface area contributed by atoms with Crippen LogP contribution in [0.5, 0.6) is 0 Å². The van der Waals surface area contributed by atoms with Crippen LogP contribution in [-0.2, 0) is 6.54 Å². The first-order chi connectivity index (χ1) is 14.0. The van der Waals surface area contributed by atoms with Gasteiger partial charge in [-0.25, -0.2) is 4.98 Å². The highest BCUT2D eigenvalue weighted by Gasteiger charge is 2.32. The van der Waals surface area contributed by atoms with Crippen LogP contribution in [-0.4, -0.2) is 42.1 Å². The summed E-state index contributed by atoms with van der Waals surface area (Å²) < 4.78 is 3.08. The molecule has 0 saturated heterocycles. The molecule has 4 aromatic rings. The molecule has 0 fully saturated rings. The topological polar surface area (TPSA) is 76.8 Å². The average molecular weight is 445 g/mol. The molecule has 1 aliphatic rings. The molecule has 1 aromatic carbocycles. The lowest BCUT2D eigenvalue weighted by Crippen LogP contribution is -2.41. The number of hydrogen-bond donors (Lipinski definition) is 0. The van der Waals surface area contributed by atoms with Gasteiger partial charge in [0.2, 0.25) is 0 Å². The number of benzene rings is 1. The van der Waals surface area contributed by atoms with Crippen LogP contribution in [0, 0.1) is 0 Å². The number of halogens is 2. The summed E-state index contributed by atoms with van der Waals surface area (Å²) in [6.45, 7) is 3.06. The van der Waals surface area contributed by atoms with E-state index in [0.717, 1.165) is 26.9 Å². The smallest absolute Gasteiger partial charge is 0.254 e. The molecular formula is C19H14Cl2N6OS. The first kappa shape index (κ1) is 18.5. The highest BCUT2D eigenvalue weighted by Crippen LogP contribution is 2.33. The van der Waals surface area contributed by atoms with Crippen LogP contribution >= 0.6 is 34.5 Å². The number of thiazole rings is 1. The van der Waals surface area contributed by atoms with E-state index in [1.807, 2.05) is 17.6 Å². The summed E-state index contributed by atoms with van der Waals surface area (Å²) in [5.41, 5.74) is 1.34. The van der Waals surface area contributed by atoms with E-state index >= 15 is 0 Å². The van der Waals surface area contributed by atoms with E-state index in [0.29, 0.717) is 28.7 Å². The second-order valence-corrected chi connectivity index (χ2v) is 8.54. The number of carbonyl (C=O) groups is 1. The Labute approximate surface area is 179 Å². The van der Waals surface area contributed by atoms with Crippen LogP contribution in [0.4, 0.5) is 0 Å². The largest absolute Gasteiger partial charge is 0.327 e. The Hall–Kier alpha value is -2.55.